The molecule has 8 heteroatoms. The van der Waals surface area contributed by atoms with Gasteiger partial charge in [0.15, 0.2) is 11.6 Å². The Hall–Kier alpha value is -2.09. The molecule has 0 spiro atoms. The van der Waals surface area contributed by atoms with Crippen LogP contribution in [-0.4, -0.2) is 49.9 Å². The molecule has 0 N–H and O–H groups in total. The molecule has 0 amide bonds. The zero-order valence-electron chi connectivity index (χ0n) is 11.8. The van der Waals surface area contributed by atoms with Gasteiger partial charge in [-0.05, 0) is 24.3 Å². The molecule has 1 aliphatic rings. The predicted molar refractivity (Wildman–Crippen MR) is 71.2 cm³/mol. The molecule has 0 saturated carbocycles. The summed E-state index contributed by atoms with van der Waals surface area (Å²) in [7, 11) is 1.81. The van der Waals surface area contributed by atoms with Crippen molar-refractivity contribution in [1.82, 2.24) is 30.2 Å². The Labute approximate surface area is 116 Å². The van der Waals surface area contributed by atoms with Crippen LogP contribution in [-0.2, 0) is 11.8 Å². The third-order valence-electron chi connectivity index (χ3n) is 3.36. The van der Waals surface area contributed by atoms with Gasteiger partial charge in [-0.1, -0.05) is 0 Å². The maximum Gasteiger partial charge on any atom is 0.181 e. The number of rotatable bonds is 2. The molecule has 1 fully saturated rings. The third kappa shape index (κ3) is 2.34. The first-order valence-corrected chi connectivity index (χ1v) is 6.54. The predicted octanol–water partition coefficient (Wildman–Crippen LogP) is 0.195. The van der Waals surface area contributed by atoms with Gasteiger partial charge in [-0.2, -0.15) is 0 Å². The van der Waals surface area contributed by atoms with Crippen molar-refractivity contribution in [3.63, 3.8) is 0 Å². The van der Waals surface area contributed by atoms with Crippen molar-refractivity contribution in [2.45, 2.75) is 20.0 Å². The van der Waals surface area contributed by atoms with Gasteiger partial charge in [-0.25, -0.2) is 9.67 Å². The smallest absolute Gasteiger partial charge is 0.181 e. The molecule has 2 aromatic rings. The van der Waals surface area contributed by atoms with Crippen molar-refractivity contribution in [2.75, 3.05) is 24.6 Å². The number of ether oxygens (including phenoxy) is 1. The lowest BCUT2D eigenvalue weighted by molar-refractivity contribution is 0.0313. The van der Waals surface area contributed by atoms with Crippen LogP contribution in [0, 0.1) is 13.8 Å². The summed E-state index contributed by atoms with van der Waals surface area (Å²) in [5, 5.41) is 11.5. The zero-order valence-corrected chi connectivity index (χ0v) is 11.8. The fourth-order valence-corrected chi connectivity index (χ4v) is 2.33. The fourth-order valence-electron chi connectivity index (χ4n) is 2.33. The number of aryl methyl sites for hydroxylation is 3. The van der Waals surface area contributed by atoms with Gasteiger partial charge in [0.2, 0.25) is 0 Å². The Bertz CT molecular complexity index is 612. The Kier molecular flexibility index (Phi) is 3.31. The molecule has 106 valence electrons. The van der Waals surface area contributed by atoms with Gasteiger partial charge >= 0.3 is 0 Å². The van der Waals surface area contributed by atoms with Crippen LogP contribution in [0.5, 0.6) is 0 Å². The number of tetrazole rings is 1. The van der Waals surface area contributed by atoms with Gasteiger partial charge in [0.05, 0.1) is 24.5 Å². The molecule has 0 aromatic carbocycles. The standard InChI is InChI=1S/C12H17N7O/c1-8-6-13-9(2)11(14-8)19-4-5-20-10(7-19)12-15-16-17-18(12)3/h6,10H,4-5,7H2,1-3H3. The van der Waals surface area contributed by atoms with E-state index in [1.54, 1.807) is 10.9 Å². The average Bonchev–Trinajstić information content (AvgIpc) is 2.88. The Morgan fingerprint density at radius 2 is 2.20 bits per heavy atom. The van der Waals surface area contributed by atoms with E-state index >= 15 is 0 Å². The minimum absolute atomic E-state index is 0.148. The van der Waals surface area contributed by atoms with Gasteiger partial charge in [-0.3, -0.25) is 4.98 Å². The van der Waals surface area contributed by atoms with Gasteiger partial charge in [0.25, 0.3) is 0 Å². The average molecular weight is 275 g/mol. The molecule has 1 aliphatic heterocycles. The van der Waals surface area contributed by atoms with Crippen LogP contribution in [0.15, 0.2) is 6.20 Å². The third-order valence-corrected chi connectivity index (χ3v) is 3.36. The van der Waals surface area contributed by atoms with Crippen molar-refractivity contribution in [3.8, 4) is 0 Å². The largest absolute Gasteiger partial charge is 0.366 e. The lowest BCUT2D eigenvalue weighted by Gasteiger charge is -2.33. The van der Waals surface area contributed by atoms with E-state index in [-0.39, 0.29) is 6.10 Å². The minimum Gasteiger partial charge on any atom is -0.366 e. The monoisotopic (exact) mass is 275 g/mol. The normalized spacial score (nSPS) is 19.4. The van der Waals surface area contributed by atoms with Gasteiger partial charge in [-0.15, -0.1) is 5.10 Å². The molecule has 8 nitrogen and oxygen atoms in total. The van der Waals surface area contributed by atoms with E-state index in [0.29, 0.717) is 13.2 Å². The first kappa shape index (κ1) is 12.9. The van der Waals surface area contributed by atoms with Crippen molar-refractivity contribution in [1.29, 1.82) is 0 Å². The Morgan fingerprint density at radius 3 is 2.95 bits per heavy atom. The van der Waals surface area contributed by atoms with E-state index in [0.717, 1.165) is 29.6 Å². The maximum absolute atomic E-state index is 5.77. The SMILES string of the molecule is Cc1cnc(C)c(N2CCOC(c3nnnn3C)C2)n1. The number of morpholine rings is 1. The van der Waals surface area contributed by atoms with E-state index in [2.05, 4.69) is 30.4 Å². The lowest BCUT2D eigenvalue weighted by Crippen LogP contribution is -2.40. The zero-order chi connectivity index (χ0) is 14.1. The molecular formula is C12H17N7O. The van der Waals surface area contributed by atoms with Crippen LogP contribution in [0.25, 0.3) is 0 Å². The topological polar surface area (TPSA) is 81.9 Å². The molecule has 2 aromatic heterocycles. The first-order chi connectivity index (χ1) is 9.65. The first-order valence-electron chi connectivity index (χ1n) is 6.54. The van der Waals surface area contributed by atoms with Crippen LogP contribution in [0.1, 0.15) is 23.3 Å². The second kappa shape index (κ2) is 5.12. The van der Waals surface area contributed by atoms with E-state index in [4.69, 9.17) is 4.74 Å². The van der Waals surface area contributed by atoms with Crippen molar-refractivity contribution in [2.24, 2.45) is 7.05 Å². The summed E-state index contributed by atoms with van der Waals surface area (Å²) in [4.78, 5) is 11.1. The van der Waals surface area contributed by atoms with Crippen LogP contribution in [0.3, 0.4) is 0 Å². The molecule has 3 rings (SSSR count). The van der Waals surface area contributed by atoms with Crippen LogP contribution < -0.4 is 4.90 Å². The lowest BCUT2D eigenvalue weighted by atomic mass is 10.2. The maximum atomic E-state index is 5.77. The Morgan fingerprint density at radius 1 is 1.35 bits per heavy atom. The van der Waals surface area contributed by atoms with Gasteiger partial charge < -0.3 is 9.64 Å². The summed E-state index contributed by atoms with van der Waals surface area (Å²) >= 11 is 0. The number of aromatic nitrogens is 6. The summed E-state index contributed by atoms with van der Waals surface area (Å²) in [5.74, 6) is 1.64. The van der Waals surface area contributed by atoms with Crippen LogP contribution in [0.4, 0.5) is 5.82 Å². The van der Waals surface area contributed by atoms with E-state index < -0.39 is 0 Å². The van der Waals surface area contributed by atoms with Crippen molar-refractivity contribution < 1.29 is 4.74 Å². The number of hydrogen-bond acceptors (Lipinski definition) is 7. The van der Waals surface area contributed by atoms with Crippen molar-refractivity contribution >= 4 is 5.82 Å². The highest BCUT2D eigenvalue weighted by molar-refractivity contribution is 5.43. The molecule has 0 aliphatic carbocycles. The summed E-state index contributed by atoms with van der Waals surface area (Å²) in [6.07, 6.45) is 1.63. The van der Waals surface area contributed by atoms with E-state index in [1.807, 2.05) is 20.9 Å². The Balaban J connectivity index is 1.85. The number of hydrogen-bond donors (Lipinski definition) is 0. The molecule has 3 heterocycles. The molecule has 1 saturated heterocycles. The fraction of sp³-hybridized carbons (Fsp3) is 0.583. The number of nitrogens with zero attached hydrogens (tertiary/aromatic N) is 7. The summed E-state index contributed by atoms with van der Waals surface area (Å²) in [6, 6.07) is 0. The van der Waals surface area contributed by atoms with Crippen LogP contribution >= 0.6 is 0 Å². The molecule has 1 unspecified atom stereocenters. The highest BCUT2D eigenvalue weighted by atomic mass is 16.5. The molecular weight excluding hydrogens is 258 g/mol. The second-order valence-electron chi connectivity index (χ2n) is 4.89. The molecule has 0 radical (unpaired) electrons. The van der Waals surface area contributed by atoms with Gasteiger partial charge in [0, 0.05) is 19.8 Å². The molecule has 20 heavy (non-hydrogen) atoms. The van der Waals surface area contributed by atoms with Crippen LogP contribution in [0.2, 0.25) is 0 Å². The summed E-state index contributed by atoms with van der Waals surface area (Å²) in [6.45, 7) is 6.00. The highest BCUT2D eigenvalue weighted by Gasteiger charge is 2.27. The number of anilines is 1. The summed E-state index contributed by atoms with van der Waals surface area (Å²) in [5.41, 5.74) is 1.83. The van der Waals surface area contributed by atoms with Crippen molar-refractivity contribution in [3.05, 3.63) is 23.4 Å². The summed E-state index contributed by atoms with van der Waals surface area (Å²) < 4.78 is 7.41. The quantitative estimate of drug-likeness (QED) is 0.774. The molecule has 0 bridgehead atoms. The highest BCUT2D eigenvalue weighted by Crippen LogP contribution is 2.24. The van der Waals surface area contributed by atoms with E-state index in [1.165, 1.54) is 0 Å². The molecule has 1 atom stereocenters. The minimum atomic E-state index is -0.148. The second-order valence-corrected chi connectivity index (χ2v) is 4.89. The van der Waals surface area contributed by atoms with Gasteiger partial charge in [0.1, 0.15) is 6.10 Å². The van der Waals surface area contributed by atoms with E-state index in [9.17, 15) is 0 Å².